The first-order valence-corrected chi connectivity index (χ1v) is 18.4. The molecular formula is C40H55N3O7. The summed E-state index contributed by atoms with van der Waals surface area (Å²) in [5, 5.41) is 36.4. The third-order valence-corrected chi connectivity index (χ3v) is 10.4. The average molecular weight is 690 g/mol. The van der Waals surface area contributed by atoms with E-state index in [2.05, 4.69) is 28.2 Å². The Morgan fingerprint density at radius 1 is 1.06 bits per heavy atom. The quantitative estimate of drug-likeness (QED) is 0.0723. The highest BCUT2D eigenvalue weighted by Crippen LogP contribution is 2.40. The van der Waals surface area contributed by atoms with Gasteiger partial charge in [0.2, 0.25) is 5.56 Å². The zero-order valence-corrected chi connectivity index (χ0v) is 29.4. The van der Waals surface area contributed by atoms with E-state index in [0.717, 1.165) is 77.4 Å². The minimum Gasteiger partial charge on any atom is -0.506 e. The molecule has 2 aliphatic rings. The third-order valence-electron chi connectivity index (χ3n) is 10.4. The molecule has 2 aromatic carbocycles. The minimum absolute atomic E-state index is 0.0241. The molecule has 1 aromatic heterocycles. The van der Waals surface area contributed by atoms with Crippen LogP contribution in [0.15, 0.2) is 71.0 Å². The number of aromatic hydroxyl groups is 1. The van der Waals surface area contributed by atoms with Crippen molar-refractivity contribution in [3.05, 3.63) is 87.7 Å². The number of aliphatic hydroxyl groups is 2. The molecule has 0 spiro atoms. The van der Waals surface area contributed by atoms with Crippen LogP contribution >= 0.6 is 0 Å². The average Bonchev–Trinajstić information content (AvgIpc) is 3.14. The Hall–Kier alpha value is -3.54. The van der Waals surface area contributed by atoms with Crippen molar-refractivity contribution >= 4 is 16.9 Å². The molecule has 0 bridgehead atoms. The molecule has 2 unspecified atom stereocenters. The van der Waals surface area contributed by atoms with E-state index >= 15 is 0 Å². The van der Waals surface area contributed by atoms with Crippen LogP contribution in [0.4, 0.5) is 0 Å². The predicted molar refractivity (Wildman–Crippen MR) is 195 cm³/mol. The summed E-state index contributed by atoms with van der Waals surface area (Å²) in [4.78, 5) is 30.1. The SMILES string of the molecule is CC(=CCCN1CCC(COC(=O)C(O)(c2ccccc2)C2CCCCC2)CC1)COCCCNCC(O)c1ccc(O)c2[nH]c(=O)ccc12. The lowest BCUT2D eigenvalue weighted by molar-refractivity contribution is -0.177. The molecular weight excluding hydrogens is 634 g/mol. The lowest BCUT2D eigenvalue weighted by atomic mass is 9.73. The monoisotopic (exact) mass is 689 g/mol. The number of ether oxygens (including phenoxy) is 2. The maximum Gasteiger partial charge on any atom is 0.343 e. The molecule has 10 nitrogen and oxygen atoms in total. The van der Waals surface area contributed by atoms with E-state index in [9.17, 15) is 24.9 Å². The number of esters is 1. The van der Waals surface area contributed by atoms with Crippen LogP contribution in [0.2, 0.25) is 0 Å². The number of aromatic nitrogens is 1. The van der Waals surface area contributed by atoms with Gasteiger partial charge in [-0.1, -0.05) is 67.3 Å². The smallest absolute Gasteiger partial charge is 0.343 e. The van der Waals surface area contributed by atoms with Gasteiger partial charge in [-0.2, -0.15) is 0 Å². The second-order valence-corrected chi connectivity index (χ2v) is 14.1. The first-order chi connectivity index (χ1) is 24.3. The fraction of sp³-hybridized carbons (Fsp3) is 0.550. The maximum absolute atomic E-state index is 13.4. The van der Waals surface area contributed by atoms with Crippen LogP contribution in [0.25, 0.3) is 10.9 Å². The van der Waals surface area contributed by atoms with Gasteiger partial charge in [0.05, 0.1) is 24.8 Å². The van der Waals surface area contributed by atoms with E-state index in [-0.39, 0.29) is 17.2 Å². The van der Waals surface area contributed by atoms with Gasteiger partial charge in [0, 0.05) is 37.1 Å². The number of nitrogens with one attached hydrogen (secondary N) is 2. The van der Waals surface area contributed by atoms with Crippen molar-refractivity contribution < 1.29 is 29.6 Å². The molecule has 3 aromatic rings. The summed E-state index contributed by atoms with van der Waals surface area (Å²) in [7, 11) is 0. The van der Waals surface area contributed by atoms with Crippen LogP contribution in [-0.2, 0) is 19.9 Å². The Morgan fingerprint density at radius 2 is 1.82 bits per heavy atom. The second kappa shape index (κ2) is 18.6. The number of hydrogen-bond donors (Lipinski definition) is 5. The molecule has 10 heteroatoms. The van der Waals surface area contributed by atoms with E-state index in [1.54, 1.807) is 12.1 Å². The van der Waals surface area contributed by atoms with Crippen molar-refractivity contribution in [1.82, 2.24) is 15.2 Å². The third kappa shape index (κ3) is 10.0. The molecule has 0 amide bonds. The highest BCUT2D eigenvalue weighted by atomic mass is 16.5. The van der Waals surface area contributed by atoms with Gasteiger partial charge in [0.15, 0.2) is 5.60 Å². The number of phenolic OH excluding ortho intramolecular Hbond substituents is 1. The molecule has 2 fully saturated rings. The van der Waals surface area contributed by atoms with Gasteiger partial charge >= 0.3 is 5.97 Å². The Labute approximate surface area is 295 Å². The summed E-state index contributed by atoms with van der Waals surface area (Å²) < 4.78 is 11.7. The van der Waals surface area contributed by atoms with Crippen molar-refractivity contribution in [2.24, 2.45) is 11.8 Å². The lowest BCUT2D eigenvalue weighted by Gasteiger charge is -2.37. The standard InChI is InChI=1S/C40H55N3O7/c1-29(27-49-25-9-21-41-26-36(45)33-15-17-35(44)38-34(33)16-18-37(46)42-38)10-8-22-43-23-19-30(20-24-43)28-50-39(47)40(48,31-11-4-2-5-12-31)32-13-6-3-7-14-32/h2,4-5,10-12,15-18,30,32,36,41,44-45,48H,3,6-9,13-14,19-28H2,1H3,(H,42,46). The Balaban J connectivity index is 0.932. The molecule has 1 aliphatic heterocycles. The fourth-order valence-corrected chi connectivity index (χ4v) is 7.40. The van der Waals surface area contributed by atoms with Gasteiger partial charge in [0.1, 0.15) is 5.75 Å². The van der Waals surface area contributed by atoms with Gasteiger partial charge < -0.3 is 40.0 Å². The number of hydrogen-bond acceptors (Lipinski definition) is 9. The molecule has 1 aliphatic carbocycles. The van der Waals surface area contributed by atoms with E-state index in [0.29, 0.717) is 60.9 Å². The number of nitrogens with zero attached hydrogens (tertiary/aromatic N) is 1. The highest BCUT2D eigenvalue weighted by molar-refractivity contribution is 5.87. The molecule has 50 heavy (non-hydrogen) atoms. The number of carbonyl (C=O) groups excluding carboxylic acids is 1. The number of benzene rings is 2. The minimum atomic E-state index is -1.58. The van der Waals surface area contributed by atoms with Gasteiger partial charge in [-0.25, -0.2) is 4.79 Å². The zero-order chi connectivity index (χ0) is 35.3. The molecule has 2 atom stereocenters. The van der Waals surface area contributed by atoms with Crippen molar-refractivity contribution in [3.63, 3.8) is 0 Å². The second-order valence-electron chi connectivity index (χ2n) is 14.1. The van der Waals surface area contributed by atoms with Crippen molar-refractivity contribution in [2.45, 2.75) is 76.4 Å². The molecule has 272 valence electrons. The number of likely N-dealkylation sites (tertiary alicyclic amines) is 1. The molecule has 1 saturated carbocycles. The number of carbonyl (C=O) groups is 1. The number of aromatic amines is 1. The molecule has 2 heterocycles. The summed E-state index contributed by atoms with van der Waals surface area (Å²) in [5.41, 5.74) is 0.942. The highest BCUT2D eigenvalue weighted by Gasteiger charge is 2.47. The van der Waals surface area contributed by atoms with Crippen molar-refractivity contribution in [3.8, 4) is 5.75 Å². The number of piperidine rings is 1. The van der Waals surface area contributed by atoms with E-state index < -0.39 is 17.7 Å². The van der Waals surface area contributed by atoms with Crippen molar-refractivity contribution in [1.29, 1.82) is 0 Å². The topological polar surface area (TPSA) is 144 Å². The Bertz CT molecular complexity index is 1600. The Morgan fingerprint density at radius 3 is 2.58 bits per heavy atom. The fourth-order valence-electron chi connectivity index (χ4n) is 7.40. The van der Waals surface area contributed by atoms with Crippen LogP contribution < -0.4 is 10.9 Å². The molecule has 5 rings (SSSR count). The van der Waals surface area contributed by atoms with Gasteiger partial charge in [-0.15, -0.1) is 0 Å². The van der Waals surface area contributed by atoms with Crippen LogP contribution in [0, 0.1) is 11.8 Å². The number of fused-ring (bicyclic) bond motifs is 1. The number of H-pyrrole nitrogens is 1. The van der Waals surface area contributed by atoms with Gasteiger partial charge in [-0.05, 0) is 94.3 Å². The summed E-state index contributed by atoms with van der Waals surface area (Å²) in [6, 6.07) is 15.5. The number of rotatable bonds is 17. The van der Waals surface area contributed by atoms with Crippen LogP contribution in [-0.4, -0.2) is 83.7 Å². The van der Waals surface area contributed by atoms with Gasteiger partial charge in [-0.3, -0.25) is 4.79 Å². The van der Waals surface area contributed by atoms with Crippen molar-refractivity contribution in [2.75, 3.05) is 52.5 Å². The Kier molecular flexibility index (Phi) is 14.0. The number of aliphatic hydroxyl groups excluding tert-OH is 1. The van der Waals surface area contributed by atoms with Crippen LogP contribution in [0.1, 0.15) is 81.9 Å². The molecule has 0 radical (unpaired) electrons. The largest absolute Gasteiger partial charge is 0.506 e. The van der Waals surface area contributed by atoms with E-state index in [1.165, 1.54) is 17.7 Å². The lowest BCUT2D eigenvalue weighted by Crippen LogP contribution is -2.46. The molecule has 5 N–H and O–H groups in total. The molecule has 1 saturated heterocycles. The predicted octanol–water partition coefficient (Wildman–Crippen LogP) is 5.32. The van der Waals surface area contributed by atoms with E-state index in [1.807, 2.05) is 30.3 Å². The normalized spacial score (nSPS) is 18.6. The summed E-state index contributed by atoms with van der Waals surface area (Å²) in [6.45, 7) is 7.62. The summed E-state index contributed by atoms with van der Waals surface area (Å²) in [6.07, 6.45) is 10.1. The van der Waals surface area contributed by atoms with E-state index in [4.69, 9.17) is 9.47 Å². The first-order valence-electron chi connectivity index (χ1n) is 18.4. The summed E-state index contributed by atoms with van der Waals surface area (Å²) >= 11 is 0. The summed E-state index contributed by atoms with van der Waals surface area (Å²) in [5.74, 6) is -0.308. The number of pyridine rings is 1. The number of phenols is 1. The first kappa shape index (κ1) is 37.7. The van der Waals surface area contributed by atoms with Crippen LogP contribution in [0.5, 0.6) is 5.75 Å². The zero-order valence-electron chi connectivity index (χ0n) is 29.4. The van der Waals surface area contributed by atoms with Crippen LogP contribution in [0.3, 0.4) is 0 Å². The maximum atomic E-state index is 13.4. The van der Waals surface area contributed by atoms with Gasteiger partial charge in [0.25, 0.3) is 0 Å².